The second-order valence-electron chi connectivity index (χ2n) is 3.43. The molecule has 0 amide bonds. The molecule has 0 spiro atoms. The van der Waals surface area contributed by atoms with Crippen molar-refractivity contribution in [2.24, 2.45) is 0 Å². The maximum atomic E-state index is 11.3. The van der Waals surface area contributed by atoms with E-state index in [1.807, 2.05) is 24.3 Å². The first kappa shape index (κ1) is 13.2. The number of rotatable bonds is 6. The summed E-state index contributed by atoms with van der Waals surface area (Å²) in [6.45, 7) is 2.42. The van der Waals surface area contributed by atoms with Gasteiger partial charge in [0.05, 0.1) is 12.4 Å². The van der Waals surface area contributed by atoms with Crippen molar-refractivity contribution >= 4 is 10.0 Å². The molecule has 0 bridgehead atoms. The summed E-state index contributed by atoms with van der Waals surface area (Å²) >= 11 is 0. The summed E-state index contributed by atoms with van der Waals surface area (Å²) in [7, 11) is -1.52. The standard InChI is InChI=1S/C11H17NO3S/c1-3-16(13,14)12-8-10-6-4-5-7-11(10)9-15-2/h4-7,12H,3,8-9H2,1-2H3. The predicted octanol–water partition coefficient (Wildman–Crippen LogP) is 1.27. The summed E-state index contributed by atoms with van der Waals surface area (Å²) in [6.07, 6.45) is 0. The molecule has 5 heteroatoms. The Morgan fingerprint density at radius 2 is 1.88 bits per heavy atom. The van der Waals surface area contributed by atoms with E-state index in [-0.39, 0.29) is 5.75 Å². The Morgan fingerprint density at radius 3 is 2.44 bits per heavy atom. The van der Waals surface area contributed by atoms with E-state index in [1.165, 1.54) is 0 Å². The molecule has 0 aliphatic rings. The summed E-state index contributed by atoms with van der Waals surface area (Å²) in [5.74, 6) is 0.0967. The lowest BCUT2D eigenvalue weighted by Crippen LogP contribution is -2.25. The molecule has 1 aromatic rings. The Morgan fingerprint density at radius 1 is 1.25 bits per heavy atom. The third kappa shape index (κ3) is 3.92. The van der Waals surface area contributed by atoms with Crippen LogP contribution in [0, 0.1) is 0 Å². The molecule has 1 rings (SSSR count). The van der Waals surface area contributed by atoms with Crippen molar-refractivity contribution in [3.63, 3.8) is 0 Å². The summed E-state index contributed by atoms with van der Waals surface area (Å²) in [4.78, 5) is 0. The van der Waals surface area contributed by atoms with Crippen LogP contribution in [-0.2, 0) is 27.9 Å². The normalized spacial score (nSPS) is 11.6. The van der Waals surface area contributed by atoms with E-state index in [0.717, 1.165) is 11.1 Å². The van der Waals surface area contributed by atoms with Gasteiger partial charge in [-0.2, -0.15) is 0 Å². The van der Waals surface area contributed by atoms with Gasteiger partial charge in [0.2, 0.25) is 10.0 Å². The van der Waals surface area contributed by atoms with Crippen molar-refractivity contribution < 1.29 is 13.2 Å². The summed E-state index contributed by atoms with van der Waals surface area (Å²) in [6, 6.07) is 7.62. The molecule has 16 heavy (non-hydrogen) atoms. The van der Waals surface area contributed by atoms with Crippen LogP contribution in [0.5, 0.6) is 0 Å². The van der Waals surface area contributed by atoms with Gasteiger partial charge >= 0.3 is 0 Å². The van der Waals surface area contributed by atoms with Crippen LogP contribution in [-0.4, -0.2) is 21.3 Å². The molecule has 0 radical (unpaired) electrons. The van der Waals surface area contributed by atoms with Crippen LogP contribution < -0.4 is 4.72 Å². The number of ether oxygens (including phenoxy) is 1. The summed E-state index contributed by atoms with van der Waals surface area (Å²) in [5.41, 5.74) is 1.95. The molecule has 4 nitrogen and oxygen atoms in total. The van der Waals surface area contributed by atoms with Gasteiger partial charge in [-0.3, -0.25) is 0 Å². The second kappa shape index (κ2) is 5.98. The average Bonchev–Trinajstić information content (AvgIpc) is 2.28. The molecule has 0 unspecified atom stereocenters. The lowest BCUT2D eigenvalue weighted by molar-refractivity contribution is 0.184. The highest BCUT2D eigenvalue weighted by atomic mass is 32.2. The van der Waals surface area contributed by atoms with Crippen molar-refractivity contribution in [1.82, 2.24) is 4.72 Å². The fourth-order valence-electron chi connectivity index (χ4n) is 1.32. The van der Waals surface area contributed by atoms with Gasteiger partial charge in [-0.05, 0) is 18.1 Å². The van der Waals surface area contributed by atoms with Gasteiger partial charge < -0.3 is 4.74 Å². The molecule has 0 atom stereocenters. The van der Waals surface area contributed by atoms with Crippen LogP contribution in [0.2, 0.25) is 0 Å². The predicted molar refractivity (Wildman–Crippen MR) is 63.5 cm³/mol. The summed E-state index contributed by atoms with van der Waals surface area (Å²) in [5, 5.41) is 0. The Hall–Kier alpha value is -0.910. The number of sulfonamides is 1. The van der Waals surface area contributed by atoms with Gasteiger partial charge in [0.15, 0.2) is 0 Å². The van der Waals surface area contributed by atoms with Crippen molar-refractivity contribution in [3.8, 4) is 0 Å². The first-order valence-corrected chi connectivity index (χ1v) is 6.77. The zero-order valence-electron chi connectivity index (χ0n) is 9.56. The van der Waals surface area contributed by atoms with E-state index in [2.05, 4.69) is 4.72 Å². The highest BCUT2D eigenvalue weighted by molar-refractivity contribution is 7.89. The van der Waals surface area contributed by atoms with Crippen molar-refractivity contribution in [3.05, 3.63) is 35.4 Å². The smallest absolute Gasteiger partial charge is 0.211 e. The Balaban J connectivity index is 2.73. The lowest BCUT2D eigenvalue weighted by Gasteiger charge is -2.09. The molecule has 0 heterocycles. The van der Waals surface area contributed by atoms with Gasteiger partial charge in [0, 0.05) is 13.7 Å². The molecular formula is C11H17NO3S. The monoisotopic (exact) mass is 243 g/mol. The zero-order valence-corrected chi connectivity index (χ0v) is 10.4. The minimum Gasteiger partial charge on any atom is -0.380 e. The molecule has 0 fully saturated rings. The van der Waals surface area contributed by atoms with Crippen molar-refractivity contribution in [1.29, 1.82) is 0 Å². The minimum absolute atomic E-state index is 0.0967. The van der Waals surface area contributed by atoms with Crippen LogP contribution >= 0.6 is 0 Å². The molecule has 0 aliphatic carbocycles. The molecule has 0 aromatic heterocycles. The topological polar surface area (TPSA) is 55.4 Å². The van der Waals surface area contributed by atoms with Crippen LogP contribution in [0.1, 0.15) is 18.1 Å². The Bertz CT molecular complexity index is 429. The highest BCUT2D eigenvalue weighted by Crippen LogP contribution is 2.09. The molecule has 90 valence electrons. The highest BCUT2D eigenvalue weighted by Gasteiger charge is 2.07. The largest absolute Gasteiger partial charge is 0.380 e. The SMILES string of the molecule is CCS(=O)(=O)NCc1ccccc1COC. The number of methoxy groups -OCH3 is 1. The third-order valence-corrected chi connectivity index (χ3v) is 3.63. The molecule has 1 aromatic carbocycles. The van der Waals surface area contributed by atoms with E-state index in [9.17, 15) is 8.42 Å². The average molecular weight is 243 g/mol. The maximum Gasteiger partial charge on any atom is 0.211 e. The molecule has 1 N–H and O–H groups in total. The van der Waals surface area contributed by atoms with Crippen molar-refractivity contribution in [2.75, 3.05) is 12.9 Å². The van der Waals surface area contributed by atoms with Crippen molar-refractivity contribution in [2.45, 2.75) is 20.1 Å². The van der Waals surface area contributed by atoms with Crippen LogP contribution in [0.15, 0.2) is 24.3 Å². The number of hydrogen-bond acceptors (Lipinski definition) is 3. The number of benzene rings is 1. The Labute approximate surface area is 96.7 Å². The van der Waals surface area contributed by atoms with Crippen LogP contribution in [0.3, 0.4) is 0 Å². The van der Waals surface area contributed by atoms with E-state index < -0.39 is 10.0 Å². The number of hydrogen-bond donors (Lipinski definition) is 1. The van der Waals surface area contributed by atoms with Gasteiger partial charge in [0.25, 0.3) is 0 Å². The first-order valence-electron chi connectivity index (χ1n) is 5.12. The van der Waals surface area contributed by atoms with Gasteiger partial charge in [-0.25, -0.2) is 13.1 Å². The Kier molecular flexibility index (Phi) is 4.92. The molecular weight excluding hydrogens is 226 g/mol. The molecule has 0 saturated carbocycles. The fraction of sp³-hybridized carbons (Fsp3) is 0.455. The van der Waals surface area contributed by atoms with E-state index >= 15 is 0 Å². The first-order chi connectivity index (χ1) is 7.59. The van der Waals surface area contributed by atoms with E-state index in [0.29, 0.717) is 13.2 Å². The van der Waals surface area contributed by atoms with E-state index in [4.69, 9.17) is 4.74 Å². The second-order valence-corrected chi connectivity index (χ2v) is 5.52. The summed E-state index contributed by atoms with van der Waals surface area (Å²) < 4.78 is 30.2. The maximum absolute atomic E-state index is 11.3. The van der Waals surface area contributed by atoms with Crippen LogP contribution in [0.4, 0.5) is 0 Å². The van der Waals surface area contributed by atoms with Gasteiger partial charge in [0.1, 0.15) is 0 Å². The quantitative estimate of drug-likeness (QED) is 0.818. The minimum atomic E-state index is -3.14. The number of nitrogens with one attached hydrogen (secondary N) is 1. The van der Waals surface area contributed by atoms with Crippen LogP contribution in [0.25, 0.3) is 0 Å². The molecule has 0 saturated heterocycles. The third-order valence-electron chi connectivity index (χ3n) is 2.28. The lowest BCUT2D eigenvalue weighted by atomic mass is 10.1. The van der Waals surface area contributed by atoms with Gasteiger partial charge in [-0.1, -0.05) is 24.3 Å². The molecule has 0 aliphatic heterocycles. The zero-order chi connectivity index (χ0) is 12.0. The van der Waals surface area contributed by atoms with E-state index in [1.54, 1.807) is 14.0 Å². The fourth-order valence-corrected chi connectivity index (χ4v) is 1.90. The van der Waals surface area contributed by atoms with Gasteiger partial charge in [-0.15, -0.1) is 0 Å².